The van der Waals surface area contributed by atoms with E-state index < -0.39 is 24.5 Å². The molecule has 1 unspecified atom stereocenters. The number of hydrogen-bond acceptors (Lipinski definition) is 7. The maximum Gasteiger partial charge on any atom is 0.351 e. The molecular formula is C10H13N3O4PS-. The van der Waals surface area contributed by atoms with Crippen molar-refractivity contribution in [1.82, 2.24) is 9.55 Å². The summed E-state index contributed by atoms with van der Waals surface area (Å²) in [6, 6.07) is 1.51. The molecule has 1 aliphatic rings. The molecule has 7 nitrogen and oxygen atoms in total. The molecule has 2 N–H and O–H groups in total. The Labute approximate surface area is 114 Å². The highest BCUT2D eigenvalue weighted by Gasteiger charge is 2.22. The predicted molar refractivity (Wildman–Crippen MR) is 72.1 cm³/mol. The van der Waals surface area contributed by atoms with E-state index in [2.05, 4.69) is 16.8 Å². The molecule has 3 atom stereocenters. The maximum atomic E-state index is 11.6. The van der Waals surface area contributed by atoms with Crippen LogP contribution in [0.25, 0.3) is 0 Å². The van der Waals surface area contributed by atoms with Gasteiger partial charge in [-0.25, -0.2) is 4.79 Å². The SMILES string of the molecule is CP([O-])(=S)OC[C@@H]1C=C[C@H](n2ccc(N)nc2=O)O1. The second-order valence-electron chi connectivity index (χ2n) is 4.06. The lowest BCUT2D eigenvalue weighted by Crippen LogP contribution is -2.28. The lowest BCUT2D eigenvalue weighted by molar-refractivity contribution is -0.182. The fraction of sp³-hybridized carbons (Fsp3) is 0.400. The molecule has 104 valence electrons. The van der Waals surface area contributed by atoms with Crippen LogP contribution in [0.5, 0.6) is 0 Å². The van der Waals surface area contributed by atoms with E-state index in [0.29, 0.717) is 0 Å². The monoisotopic (exact) mass is 302 g/mol. The Bertz CT molecular complexity index is 597. The molecule has 1 aromatic heterocycles. The molecule has 0 saturated heterocycles. The second-order valence-corrected chi connectivity index (χ2v) is 7.85. The van der Waals surface area contributed by atoms with Crippen molar-refractivity contribution in [2.75, 3.05) is 19.0 Å². The van der Waals surface area contributed by atoms with Crippen molar-refractivity contribution < 1.29 is 14.2 Å². The van der Waals surface area contributed by atoms with Gasteiger partial charge in [0, 0.05) is 6.20 Å². The summed E-state index contributed by atoms with van der Waals surface area (Å²) in [5.41, 5.74) is 4.90. The van der Waals surface area contributed by atoms with Crippen molar-refractivity contribution in [1.29, 1.82) is 0 Å². The summed E-state index contributed by atoms with van der Waals surface area (Å²) in [5.74, 6) is 0.154. The Kier molecular flexibility index (Phi) is 4.17. The lowest BCUT2D eigenvalue weighted by Gasteiger charge is -2.24. The average molecular weight is 302 g/mol. The topological polar surface area (TPSA) is 102 Å². The van der Waals surface area contributed by atoms with E-state index in [1.807, 2.05) is 0 Å². The first-order valence-electron chi connectivity index (χ1n) is 5.47. The van der Waals surface area contributed by atoms with Gasteiger partial charge in [-0.2, -0.15) is 4.98 Å². The van der Waals surface area contributed by atoms with Crippen LogP contribution in [0.15, 0.2) is 29.2 Å². The van der Waals surface area contributed by atoms with Gasteiger partial charge in [-0.05, 0) is 25.3 Å². The summed E-state index contributed by atoms with van der Waals surface area (Å²) < 4.78 is 11.9. The largest absolute Gasteiger partial charge is 0.801 e. The summed E-state index contributed by atoms with van der Waals surface area (Å²) in [5, 5.41) is 0. The molecule has 0 saturated carbocycles. The number of nitrogens with two attached hydrogens (primary N) is 1. The van der Waals surface area contributed by atoms with Gasteiger partial charge in [0.1, 0.15) is 11.9 Å². The zero-order chi connectivity index (χ0) is 14.0. The Hall–Kier alpha value is -1.05. The van der Waals surface area contributed by atoms with Crippen LogP contribution < -0.4 is 16.3 Å². The van der Waals surface area contributed by atoms with Gasteiger partial charge in [0.2, 0.25) is 0 Å². The molecule has 2 rings (SSSR count). The van der Waals surface area contributed by atoms with E-state index in [4.69, 9.17) is 15.0 Å². The first-order valence-corrected chi connectivity index (χ1v) is 8.55. The Morgan fingerprint density at radius 3 is 3.05 bits per heavy atom. The number of hydrogen-bond donors (Lipinski definition) is 1. The van der Waals surface area contributed by atoms with E-state index >= 15 is 0 Å². The van der Waals surface area contributed by atoms with E-state index in [1.165, 1.54) is 23.5 Å². The minimum atomic E-state index is -2.95. The Balaban J connectivity index is 2.01. The average Bonchev–Trinajstić information content (AvgIpc) is 2.74. The zero-order valence-corrected chi connectivity index (χ0v) is 11.8. The van der Waals surface area contributed by atoms with Crippen LogP contribution in [-0.4, -0.2) is 28.9 Å². The third-order valence-corrected chi connectivity index (χ3v) is 3.34. The van der Waals surface area contributed by atoms with Crippen LogP contribution in [0, 0.1) is 0 Å². The van der Waals surface area contributed by atoms with Crippen molar-refractivity contribution in [3.8, 4) is 0 Å². The smallest absolute Gasteiger partial charge is 0.351 e. The number of nitrogen functional groups attached to an aromatic ring is 1. The van der Waals surface area contributed by atoms with Gasteiger partial charge in [0.05, 0.1) is 6.61 Å². The van der Waals surface area contributed by atoms with Gasteiger partial charge in [-0.1, -0.05) is 17.9 Å². The quantitative estimate of drug-likeness (QED) is 0.596. The van der Waals surface area contributed by atoms with Gasteiger partial charge < -0.3 is 19.9 Å². The molecule has 1 aliphatic heterocycles. The van der Waals surface area contributed by atoms with Crippen LogP contribution in [0.1, 0.15) is 6.23 Å². The van der Waals surface area contributed by atoms with Crippen molar-refractivity contribution in [3.05, 3.63) is 34.9 Å². The highest BCUT2D eigenvalue weighted by Crippen LogP contribution is 2.33. The van der Waals surface area contributed by atoms with Crippen LogP contribution in [0.4, 0.5) is 5.82 Å². The van der Waals surface area contributed by atoms with Crippen molar-refractivity contribution in [3.63, 3.8) is 0 Å². The standard InChI is InChI=1S/C10H14N3O4PS/c1-18(15,19)16-6-7-2-3-9(17-7)13-5-4-8(11)12-10(13)14/h2-5,7,9H,6H2,1H3,(H,15,19)(H2,11,12,14)/p-1/t7-,9+,18?/m0/s1. The minimum Gasteiger partial charge on any atom is -0.801 e. The first-order chi connectivity index (χ1) is 8.85. The highest BCUT2D eigenvalue weighted by atomic mass is 32.5. The van der Waals surface area contributed by atoms with Gasteiger partial charge >= 0.3 is 5.69 Å². The van der Waals surface area contributed by atoms with Crippen LogP contribution >= 0.6 is 6.49 Å². The molecule has 2 heterocycles. The van der Waals surface area contributed by atoms with E-state index in [1.54, 1.807) is 12.2 Å². The molecule has 1 aromatic rings. The normalized spacial score (nSPS) is 25.4. The molecule has 0 spiro atoms. The Morgan fingerprint density at radius 2 is 2.42 bits per heavy atom. The zero-order valence-electron chi connectivity index (χ0n) is 10.1. The number of nitrogens with zero attached hydrogens (tertiary/aromatic N) is 2. The minimum absolute atomic E-state index is 0.0848. The third-order valence-electron chi connectivity index (χ3n) is 2.40. The van der Waals surface area contributed by atoms with E-state index in [-0.39, 0.29) is 12.4 Å². The fourth-order valence-corrected chi connectivity index (χ4v) is 2.17. The van der Waals surface area contributed by atoms with Crippen LogP contribution in [0.3, 0.4) is 0 Å². The lowest BCUT2D eigenvalue weighted by atomic mass is 10.4. The summed E-state index contributed by atoms with van der Waals surface area (Å²) in [6.45, 7) is -1.52. The summed E-state index contributed by atoms with van der Waals surface area (Å²) in [6.07, 6.45) is 3.94. The molecule has 9 heteroatoms. The van der Waals surface area contributed by atoms with E-state index in [0.717, 1.165) is 0 Å². The summed E-state index contributed by atoms with van der Waals surface area (Å²) in [7, 11) is 0. The van der Waals surface area contributed by atoms with Gasteiger partial charge in [0.15, 0.2) is 6.23 Å². The van der Waals surface area contributed by atoms with Crippen molar-refractivity contribution >= 4 is 24.1 Å². The maximum absolute atomic E-state index is 11.6. The van der Waals surface area contributed by atoms with Crippen molar-refractivity contribution in [2.24, 2.45) is 0 Å². The fourth-order valence-electron chi connectivity index (χ4n) is 1.57. The second kappa shape index (κ2) is 5.52. The van der Waals surface area contributed by atoms with Crippen LogP contribution in [-0.2, 0) is 21.1 Å². The Morgan fingerprint density at radius 1 is 1.68 bits per heavy atom. The molecule has 0 fully saturated rings. The predicted octanol–water partition coefficient (Wildman–Crippen LogP) is -0.405. The molecule has 0 radical (unpaired) electrons. The molecule has 0 amide bonds. The van der Waals surface area contributed by atoms with E-state index in [9.17, 15) is 9.69 Å². The first kappa shape index (κ1) is 14.4. The number of rotatable bonds is 4. The van der Waals surface area contributed by atoms with Gasteiger partial charge in [0.25, 0.3) is 0 Å². The van der Waals surface area contributed by atoms with Crippen molar-refractivity contribution in [2.45, 2.75) is 12.3 Å². The molecule has 0 aliphatic carbocycles. The highest BCUT2D eigenvalue weighted by molar-refractivity contribution is 8.08. The number of aromatic nitrogens is 2. The van der Waals surface area contributed by atoms with Crippen LogP contribution in [0.2, 0.25) is 0 Å². The van der Waals surface area contributed by atoms with Gasteiger partial charge in [-0.3, -0.25) is 4.57 Å². The number of anilines is 1. The molecule has 19 heavy (non-hydrogen) atoms. The third kappa shape index (κ3) is 3.95. The molecule has 0 aromatic carbocycles. The summed E-state index contributed by atoms with van der Waals surface area (Å²) in [4.78, 5) is 26.5. The summed E-state index contributed by atoms with van der Waals surface area (Å²) >= 11 is 4.65. The number of ether oxygens (including phenoxy) is 1. The van der Waals surface area contributed by atoms with Gasteiger partial charge in [-0.15, -0.1) is 0 Å². The molecular weight excluding hydrogens is 289 g/mol. The molecule has 0 bridgehead atoms.